The molecular formula is C19H35IN6O2. The fourth-order valence-electron chi connectivity index (χ4n) is 3.60. The molecule has 9 heteroatoms. The Bertz CT molecular complexity index is 553. The number of halogens is 1. The standard InChI is InChI=1S/C19H34N6O2.HI/c1-23(2)18(27)13-20-19(22-15-5-3-4-6-15)25-11-9-24(10-12-25)14-17(26)21-16-7-8-16;/h15-16H,3-14H2,1-2H3,(H,20,22)(H,21,26);1H. The lowest BCUT2D eigenvalue weighted by atomic mass is 10.2. The van der Waals surface area contributed by atoms with E-state index in [2.05, 4.69) is 25.4 Å². The number of piperazine rings is 1. The maximum atomic E-state index is 12.0. The van der Waals surface area contributed by atoms with Crippen molar-refractivity contribution in [1.29, 1.82) is 0 Å². The van der Waals surface area contributed by atoms with Gasteiger partial charge in [0.25, 0.3) is 0 Å². The number of carbonyl (C=O) groups is 2. The molecule has 8 nitrogen and oxygen atoms in total. The van der Waals surface area contributed by atoms with E-state index in [-0.39, 0.29) is 42.3 Å². The van der Waals surface area contributed by atoms with Crippen molar-refractivity contribution in [3.8, 4) is 0 Å². The highest BCUT2D eigenvalue weighted by atomic mass is 127. The van der Waals surface area contributed by atoms with Crippen LogP contribution in [0.25, 0.3) is 0 Å². The first-order chi connectivity index (χ1) is 13.0. The average molecular weight is 506 g/mol. The minimum Gasteiger partial charge on any atom is -0.353 e. The van der Waals surface area contributed by atoms with E-state index < -0.39 is 0 Å². The van der Waals surface area contributed by atoms with Crippen molar-refractivity contribution in [1.82, 2.24) is 25.3 Å². The molecule has 160 valence electrons. The van der Waals surface area contributed by atoms with Crippen molar-refractivity contribution < 1.29 is 9.59 Å². The number of aliphatic imine (C=N–C) groups is 1. The van der Waals surface area contributed by atoms with Crippen LogP contribution in [0.15, 0.2) is 4.99 Å². The van der Waals surface area contributed by atoms with Crippen LogP contribution in [0.4, 0.5) is 0 Å². The normalized spacial score (nSPS) is 21.2. The Morgan fingerprint density at radius 1 is 0.964 bits per heavy atom. The van der Waals surface area contributed by atoms with E-state index in [0.717, 1.165) is 45.0 Å². The third-order valence-corrected chi connectivity index (χ3v) is 5.53. The predicted octanol–water partition coefficient (Wildman–Crippen LogP) is 0.477. The minimum atomic E-state index is 0. The first-order valence-electron chi connectivity index (χ1n) is 10.3. The third kappa shape index (κ3) is 7.38. The van der Waals surface area contributed by atoms with Gasteiger partial charge in [0, 0.05) is 52.4 Å². The molecule has 0 spiro atoms. The zero-order valence-corrected chi connectivity index (χ0v) is 19.5. The molecular weight excluding hydrogens is 471 g/mol. The van der Waals surface area contributed by atoms with Crippen LogP contribution in [0.1, 0.15) is 38.5 Å². The molecule has 0 radical (unpaired) electrons. The number of rotatable bonds is 6. The maximum absolute atomic E-state index is 12.0. The van der Waals surface area contributed by atoms with Crippen LogP contribution in [-0.4, -0.2) is 97.9 Å². The molecule has 3 aliphatic rings. The number of hydrogen-bond donors (Lipinski definition) is 2. The summed E-state index contributed by atoms with van der Waals surface area (Å²) < 4.78 is 0. The lowest BCUT2D eigenvalue weighted by molar-refractivity contribution is -0.127. The number of guanidine groups is 1. The quantitative estimate of drug-likeness (QED) is 0.311. The molecule has 1 saturated heterocycles. The zero-order chi connectivity index (χ0) is 19.2. The summed E-state index contributed by atoms with van der Waals surface area (Å²) in [5, 5.41) is 6.63. The SMILES string of the molecule is CN(C)C(=O)CN=C(NC1CCCC1)N1CCN(CC(=O)NC2CC2)CC1.I. The van der Waals surface area contributed by atoms with Crippen LogP contribution in [0.5, 0.6) is 0 Å². The first-order valence-corrected chi connectivity index (χ1v) is 10.3. The molecule has 3 rings (SSSR count). The minimum absolute atomic E-state index is 0. The number of hydrogen-bond acceptors (Lipinski definition) is 4. The summed E-state index contributed by atoms with van der Waals surface area (Å²) in [6.45, 7) is 3.98. The van der Waals surface area contributed by atoms with E-state index in [9.17, 15) is 9.59 Å². The van der Waals surface area contributed by atoms with E-state index in [0.29, 0.717) is 18.6 Å². The lowest BCUT2D eigenvalue weighted by Crippen LogP contribution is -2.55. The smallest absolute Gasteiger partial charge is 0.243 e. The van der Waals surface area contributed by atoms with Gasteiger partial charge in [-0.25, -0.2) is 4.99 Å². The highest BCUT2D eigenvalue weighted by Crippen LogP contribution is 2.19. The summed E-state index contributed by atoms with van der Waals surface area (Å²) in [5.41, 5.74) is 0. The Kier molecular flexibility index (Phi) is 9.26. The molecule has 1 aliphatic heterocycles. The summed E-state index contributed by atoms with van der Waals surface area (Å²) in [5.74, 6) is 0.996. The Balaban J connectivity index is 0.00000280. The van der Waals surface area contributed by atoms with Crippen LogP contribution in [0, 0.1) is 0 Å². The van der Waals surface area contributed by atoms with Gasteiger partial charge < -0.3 is 20.4 Å². The Labute approximate surface area is 185 Å². The molecule has 0 atom stereocenters. The van der Waals surface area contributed by atoms with Crippen LogP contribution >= 0.6 is 24.0 Å². The second-order valence-corrected chi connectivity index (χ2v) is 8.16. The molecule has 0 aromatic carbocycles. The monoisotopic (exact) mass is 506 g/mol. The van der Waals surface area contributed by atoms with E-state index in [1.807, 2.05) is 0 Å². The van der Waals surface area contributed by atoms with E-state index in [1.165, 1.54) is 25.7 Å². The fraction of sp³-hybridized carbons (Fsp3) is 0.842. The number of nitrogens with zero attached hydrogens (tertiary/aromatic N) is 4. The lowest BCUT2D eigenvalue weighted by Gasteiger charge is -2.37. The van der Waals surface area contributed by atoms with E-state index in [4.69, 9.17) is 0 Å². The molecule has 0 aromatic heterocycles. The number of amides is 2. The Morgan fingerprint density at radius 2 is 1.57 bits per heavy atom. The number of likely N-dealkylation sites (N-methyl/N-ethyl adjacent to an activating group) is 1. The molecule has 0 bridgehead atoms. The Hall–Kier alpha value is -1.10. The summed E-state index contributed by atoms with van der Waals surface area (Å²) in [7, 11) is 3.51. The van der Waals surface area contributed by atoms with Gasteiger partial charge in [0.2, 0.25) is 11.8 Å². The molecule has 2 saturated carbocycles. The van der Waals surface area contributed by atoms with E-state index in [1.54, 1.807) is 19.0 Å². The van der Waals surface area contributed by atoms with Gasteiger partial charge in [-0.15, -0.1) is 24.0 Å². The molecule has 0 aromatic rings. The van der Waals surface area contributed by atoms with Gasteiger partial charge in [-0.1, -0.05) is 12.8 Å². The molecule has 1 heterocycles. The van der Waals surface area contributed by atoms with Crippen LogP contribution in [-0.2, 0) is 9.59 Å². The summed E-state index contributed by atoms with van der Waals surface area (Å²) >= 11 is 0. The molecule has 28 heavy (non-hydrogen) atoms. The van der Waals surface area contributed by atoms with Gasteiger partial charge in [0.1, 0.15) is 6.54 Å². The van der Waals surface area contributed by atoms with Gasteiger partial charge >= 0.3 is 0 Å². The third-order valence-electron chi connectivity index (χ3n) is 5.53. The highest BCUT2D eigenvalue weighted by Gasteiger charge is 2.27. The molecule has 0 unspecified atom stereocenters. The average Bonchev–Trinajstić information content (AvgIpc) is 3.30. The summed E-state index contributed by atoms with van der Waals surface area (Å²) in [4.78, 5) is 34.6. The van der Waals surface area contributed by atoms with Crippen molar-refractivity contribution in [2.45, 2.75) is 50.6 Å². The van der Waals surface area contributed by atoms with E-state index >= 15 is 0 Å². The predicted molar refractivity (Wildman–Crippen MR) is 121 cm³/mol. The molecule has 2 N–H and O–H groups in total. The summed E-state index contributed by atoms with van der Waals surface area (Å²) in [6.07, 6.45) is 7.09. The Morgan fingerprint density at radius 3 is 2.14 bits per heavy atom. The number of carbonyl (C=O) groups excluding carboxylic acids is 2. The van der Waals surface area contributed by atoms with Gasteiger partial charge in [0.05, 0.1) is 6.54 Å². The second-order valence-electron chi connectivity index (χ2n) is 8.16. The fourth-order valence-corrected chi connectivity index (χ4v) is 3.60. The molecule has 2 aliphatic carbocycles. The van der Waals surface area contributed by atoms with Gasteiger partial charge in [-0.2, -0.15) is 0 Å². The van der Waals surface area contributed by atoms with Gasteiger partial charge in [-0.05, 0) is 25.7 Å². The first kappa shape index (κ1) is 23.2. The molecule has 3 fully saturated rings. The summed E-state index contributed by atoms with van der Waals surface area (Å²) in [6, 6.07) is 0.878. The maximum Gasteiger partial charge on any atom is 0.243 e. The zero-order valence-electron chi connectivity index (χ0n) is 17.2. The largest absolute Gasteiger partial charge is 0.353 e. The highest BCUT2D eigenvalue weighted by molar-refractivity contribution is 14.0. The topological polar surface area (TPSA) is 80.3 Å². The van der Waals surface area contributed by atoms with Crippen LogP contribution in [0.2, 0.25) is 0 Å². The van der Waals surface area contributed by atoms with Crippen molar-refractivity contribution in [2.75, 3.05) is 53.4 Å². The number of nitrogens with one attached hydrogen (secondary N) is 2. The van der Waals surface area contributed by atoms with Crippen LogP contribution in [0.3, 0.4) is 0 Å². The van der Waals surface area contributed by atoms with Crippen LogP contribution < -0.4 is 10.6 Å². The molecule has 2 amide bonds. The van der Waals surface area contributed by atoms with Gasteiger partial charge in [0.15, 0.2) is 5.96 Å². The van der Waals surface area contributed by atoms with Crippen molar-refractivity contribution in [3.05, 3.63) is 0 Å². The van der Waals surface area contributed by atoms with Gasteiger partial charge in [-0.3, -0.25) is 14.5 Å². The van der Waals surface area contributed by atoms with Crippen molar-refractivity contribution in [3.63, 3.8) is 0 Å². The second kappa shape index (κ2) is 11.2. The van der Waals surface area contributed by atoms with Crippen molar-refractivity contribution >= 4 is 41.8 Å². The van der Waals surface area contributed by atoms with Crippen molar-refractivity contribution in [2.24, 2.45) is 4.99 Å².